The average Bonchev–Trinajstić information content (AvgIpc) is 2.95. The number of rotatable bonds is 3. The van der Waals surface area contributed by atoms with E-state index in [-0.39, 0.29) is 11.8 Å². The van der Waals surface area contributed by atoms with Crippen molar-refractivity contribution in [1.29, 1.82) is 0 Å². The van der Waals surface area contributed by atoms with Gasteiger partial charge >= 0.3 is 0 Å². The van der Waals surface area contributed by atoms with E-state index in [9.17, 15) is 4.79 Å². The van der Waals surface area contributed by atoms with Crippen molar-refractivity contribution in [2.24, 2.45) is 7.05 Å². The first kappa shape index (κ1) is 13.2. The number of aromatic nitrogens is 2. The van der Waals surface area contributed by atoms with E-state index in [4.69, 9.17) is 11.6 Å². The Morgan fingerprint density at radius 1 is 1.50 bits per heavy atom. The summed E-state index contributed by atoms with van der Waals surface area (Å²) < 4.78 is 1.69. The van der Waals surface area contributed by atoms with Gasteiger partial charge in [-0.15, -0.1) is 0 Å². The van der Waals surface area contributed by atoms with Crippen molar-refractivity contribution in [3.05, 3.63) is 46.2 Å². The first-order chi connectivity index (χ1) is 9.56. The van der Waals surface area contributed by atoms with Gasteiger partial charge in [0.15, 0.2) is 5.78 Å². The molecule has 1 unspecified atom stereocenters. The largest absolute Gasteiger partial charge is 0.375 e. The minimum absolute atomic E-state index is 0.145. The number of fused-ring (bicyclic) bond motifs is 1. The summed E-state index contributed by atoms with van der Waals surface area (Å²) >= 11 is 6.20. The van der Waals surface area contributed by atoms with Gasteiger partial charge in [-0.25, -0.2) is 0 Å². The molecule has 20 heavy (non-hydrogen) atoms. The van der Waals surface area contributed by atoms with E-state index in [0.29, 0.717) is 11.4 Å². The molecule has 1 N–H and O–H groups in total. The zero-order chi connectivity index (χ0) is 14.3. The Morgan fingerprint density at radius 3 is 2.90 bits per heavy atom. The van der Waals surface area contributed by atoms with Gasteiger partial charge in [0.1, 0.15) is 0 Å². The number of hydrogen-bond acceptors (Lipinski definition) is 3. The van der Waals surface area contributed by atoms with Crippen LogP contribution >= 0.6 is 11.6 Å². The van der Waals surface area contributed by atoms with Gasteiger partial charge in [0.2, 0.25) is 0 Å². The molecule has 1 aliphatic rings. The highest BCUT2D eigenvalue weighted by Crippen LogP contribution is 2.27. The standard InChI is InChI=1S/C15H16ClN3O/c1-9-15(16)13(19(2)18-9)8-14(20)12-7-10-5-3-4-6-11(10)17-12/h3-6,12,17H,7-8H2,1-2H3. The zero-order valence-electron chi connectivity index (χ0n) is 11.5. The van der Waals surface area contributed by atoms with Crippen molar-refractivity contribution in [2.75, 3.05) is 5.32 Å². The highest BCUT2D eigenvalue weighted by atomic mass is 35.5. The lowest BCUT2D eigenvalue weighted by molar-refractivity contribution is -0.119. The number of aryl methyl sites for hydroxylation is 2. The summed E-state index contributed by atoms with van der Waals surface area (Å²) in [7, 11) is 1.82. The van der Waals surface area contributed by atoms with Gasteiger partial charge in [0, 0.05) is 19.2 Å². The number of carbonyl (C=O) groups excluding carboxylic acids is 1. The Kier molecular flexibility index (Phi) is 3.26. The zero-order valence-corrected chi connectivity index (χ0v) is 12.2. The van der Waals surface area contributed by atoms with Crippen LogP contribution in [0, 0.1) is 6.92 Å². The van der Waals surface area contributed by atoms with Crippen LogP contribution in [0.5, 0.6) is 0 Å². The quantitative estimate of drug-likeness (QED) is 0.944. The molecular weight excluding hydrogens is 274 g/mol. The van der Waals surface area contributed by atoms with E-state index >= 15 is 0 Å². The highest BCUT2D eigenvalue weighted by molar-refractivity contribution is 6.32. The van der Waals surface area contributed by atoms with Crippen molar-refractivity contribution in [3.8, 4) is 0 Å². The Balaban J connectivity index is 1.76. The van der Waals surface area contributed by atoms with Crippen molar-refractivity contribution in [1.82, 2.24) is 9.78 Å². The number of nitrogens with zero attached hydrogens (tertiary/aromatic N) is 2. The molecule has 0 amide bonds. The van der Waals surface area contributed by atoms with Gasteiger partial charge < -0.3 is 5.32 Å². The fraction of sp³-hybridized carbons (Fsp3) is 0.333. The van der Waals surface area contributed by atoms with Gasteiger partial charge in [-0.05, 0) is 18.6 Å². The van der Waals surface area contributed by atoms with Crippen LogP contribution in [0.1, 0.15) is 17.0 Å². The van der Waals surface area contributed by atoms with E-state index in [2.05, 4.69) is 16.5 Å². The molecule has 1 atom stereocenters. The lowest BCUT2D eigenvalue weighted by Crippen LogP contribution is -2.29. The van der Waals surface area contributed by atoms with Gasteiger partial charge in [0.25, 0.3) is 0 Å². The average molecular weight is 290 g/mol. The summed E-state index contributed by atoms with van der Waals surface area (Å²) in [4.78, 5) is 12.4. The van der Waals surface area contributed by atoms with Crippen LogP contribution in [0.15, 0.2) is 24.3 Å². The van der Waals surface area contributed by atoms with E-state index in [1.165, 1.54) is 5.56 Å². The predicted molar refractivity (Wildman–Crippen MR) is 79.2 cm³/mol. The van der Waals surface area contributed by atoms with Crippen molar-refractivity contribution in [2.45, 2.75) is 25.8 Å². The Bertz CT molecular complexity index is 653. The summed E-state index contributed by atoms with van der Waals surface area (Å²) in [5, 5.41) is 8.11. The third-order valence-corrected chi connectivity index (χ3v) is 4.25. The smallest absolute Gasteiger partial charge is 0.161 e. The summed E-state index contributed by atoms with van der Waals surface area (Å²) in [6.45, 7) is 1.85. The number of Topliss-reactive ketones (excluding diaryl/α,β-unsaturated/α-hetero) is 1. The molecule has 0 aliphatic carbocycles. The van der Waals surface area contributed by atoms with E-state index < -0.39 is 0 Å². The van der Waals surface area contributed by atoms with Crippen molar-refractivity contribution >= 4 is 23.1 Å². The van der Waals surface area contributed by atoms with Gasteiger partial charge in [-0.2, -0.15) is 5.10 Å². The van der Waals surface area contributed by atoms with E-state index in [0.717, 1.165) is 23.5 Å². The number of para-hydroxylation sites is 1. The van der Waals surface area contributed by atoms with Crippen LogP contribution in [0.25, 0.3) is 0 Å². The van der Waals surface area contributed by atoms with E-state index in [1.807, 2.05) is 32.2 Å². The molecule has 1 aromatic heterocycles. The lowest BCUT2D eigenvalue weighted by Gasteiger charge is -2.10. The second-order valence-electron chi connectivity index (χ2n) is 5.17. The molecule has 1 aliphatic heterocycles. The number of anilines is 1. The first-order valence-corrected chi connectivity index (χ1v) is 6.99. The van der Waals surface area contributed by atoms with Crippen LogP contribution in [-0.2, 0) is 24.7 Å². The molecule has 2 aromatic rings. The van der Waals surface area contributed by atoms with Crippen molar-refractivity contribution < 1.29 is 4.79 Å². The van der Waals surface area contributed by atoms with E-state index in [1.54, 1.807) is 4.68 Å². The molecular formula is C15H16ClN3O. The van der Waals surface area contributed by atoms with Crippen molar-refractivity contribution in [3.63, 3.8) is 0 Å². The lowest BCUT2D eigenvalue weighted by atomic mass is 10.0. The maximum absolute atomic E-state index is 12.4. The monoisotopic (exact) mass is 289 g/mol. The second-order valence-corrected chi connectivity index (χ2v) is 5.55. The predicted octanol–water partition coefficient (Wildman–Crippen LogP) is 2.53. The number of benzene rings is 1. The summed E-state index contributed by atoms with van der Waals surface area (Å²) in [5.74, 6) is 0.145. The molecule has 0 saturated carbocycles. The number of ketones is 1. The highest BCUT2D eigenvalue weighted by Gasteiger charge is 2.27. The molecule has 4 nitrogen and oxygen atoms in total. The number of hydrogen-bond donors (Lipinski definition) is 1. The van der Waals surface area contributed by atoms with Crippen LogP contribution < -0.4 is 5.32 Å². The topological polar surface area (TPSA) is 46.9 Å². The van der Waals surface area contributed by atoms with Gasteiger partial charge in [-0.3, -0.25) is 9.48 Å². The number of carbonyl (C=O) groups is 1. The van der Waals surface area contributed by atoms with Crippen LogP contribution in [0.4, 0.5) is 5.69 Å². The Labute approximate surface area is 122 Å². The second kappa shape index (κ2) is 4.94. The van der Waals surface area contributed by atoms with Crippen LogP contribution in [0.2, 0.25) is 5.02 Å². The molecule has 0 bridgehead atoms. The molecule has 5 heteroatoms. The minimum atomic E-state index is -0.168. The molecule has 1 aromatic carbocycles. The van der Waals surface area contributed by atoms with Crippen LogP contribution in [0.3, 0.4) is 0 Å². The summed E-state index contributed by atoms with van der Waals surface area (Å²) in [5.41, 5.74) is 3.79. The summed E-state index contributed by atoms with van der Waals surface area (Å²) in [6.07, 6.45) is 1.05. The minimum Gasteiger partial charge on any atom is -0.375 e. The molecule has 0 saturated heterocycles. The molecule has 104 valence electrons. The Hall–Kier alpha value is -1.81. The fourth-order valence-electron chi connectivity index (χ4n) is 2.65. The first-order valence-electron chi connectivity index (χ1n) is 6.61. The molecule has 0 spiro atoms. The molecule has 0 fully saturated rings. The molecule has 3 rings (SSSR count). The van der Waals surface area contributed by atoms with Gasteiger partial charge in [-0.1, -0.05) is 29.8 Å². The Morgan fingerprint density at radius 2 is 2.25 bits per heavy atom. The third-order valence-electron chi connectivity index (χ3n) is 3.76. The number of nitrogens with one attached hydrogen (secondary N) is 1. The molecule has 2 heterocycles. The SMILES string of the molecule is Cc1nn(C)c(CC(=O)C2Cc3ccccc3N2)c1Cl. The normalized spacial score (nSPS) is 16.9. The number of halogens is 1. The maximum Gasteiger partial charge on any atom is 0.161 e. The third kappa shape index (κ3) is 2.20. The van der Waals surface area contributed by atoms with Gasteiger partial charge in [0.05, 0.1) is 28.9 Å². The summed E-state index contributed by atoms with van der Waals surface area (Å²) in [6, 6.07) is 7.86. The fourth-order valence-corrected chi connectivity index (χ4v) is 2.88. The molecule has 0 radical (unpaired) electrons. The van der Waals surface area contributed by atoms with Crippen LogP contribution in [-0.4, -0.2) is 21.6 Å². The maximum atomic E-state index is 12.4.